The molecule has 74 valence electrons. The maximum Gasteiger partial charge on any atom is 0.166 e. The van der Waals surface area contributed by atoms with Crippen LogP contribution in [0.1, 0.15) is 39.0 Å². The van der Waals surface area contributed by atoms with Crippen LogP contribution in [0.3, 0.4) is 0 Å². The lowest BCUT2D eigenvalue weighted by Crippen LogP contribution is -2.39. The van der Waals surface area contributed by atoms with E-state index in [-0.39, 0.29) is 0 Å². The van der Waals surface area contributed by atoms with Crippen LogP contribution in [0.2, 0.25) is 0 Å². The molecule has 2 saturated carbocycles. The normalized spacial score (nSPS) is 23.8. The van der Waals surface area contributed by atoms with Crippen molar-refractivity contribution >= 4 is 17.3 Å². The summed E-state index contributed by atoms with van der Waals surface area (Å²) in [6.07, 6.45) is 6.62. The van der Waals surface area contributed by atoms with Crippen LogP contribution in [0.5, 0.6) is 0 Å². The first-order chi connectivity index (χ1) is 6.24. The predicted octanol–water partition coefficient (Wildman–Crippen LogP) is 1.80. The zero-order valence-corrected chi connectivity index (χ0v) is 9.04. The van der Waals surface area contributed by atoms with Crippen LogP contribution >= 0.6 is 12.2 Å². The van der Waals surface area contributed by atoms with E-state index in [1.165, 1.54) is 32.1 Å². The van der Waals surface area contributed by atoms with Gasteiger partial charge in [0.2, 0.25) is 0 Å². The molecule has 0 heterocycles. The Morgan fingerprint density at radius 3 is 2.62 bits per heavy atom. The number of hydrogen-bond acceptors (Lipinski definition) is 1. The van der Waals surface area contributed by atoms with Crippen molar-refractivity contribution in [3.63, 3.8) is 0 Å². The molecular weight excluding hydrogens is 180 g/mol. The molecular formula is C10H18N2S. The molecule has 0 amide bonds. The highest BCUT2D eigenvalue weighted by atomic mass is 32.1. The Hall–Kier alpha value is -0.310. The van der Waals surface area contributed by atoms with E-state index in [0.717, 1.165) is 11.7 Å². The van der Waals surface area contributed by atoms with Gasteiger partial charge in [-0.25, -0.2) is 0 Å². The molecule has 0 saturated heterocycles. The molecule has 0 unspecified atom stereocenters. The standard InChI is InChI=1S/C10H18N2S/c1-2-10(5-6-10)7-11-9(13)12-8-3-4-8/h8H,2-7H2,1H3,(H2,11,12,13). The Kier molecular flexibility index (Phi) is 2.45. The molecule has 2 rings (SSSR count). The molecule has 0 atom stereocenters. The SMILES string of the molecule is CCC1(CNC(=S)NC2CC2)CC1. The maximum atomic E-state index is 5.19. The van der Waals surface area contributed by atoms with E-state index in [2.05, 4.69) is 17.6 Å². The van der Waals surface area contributed by atoms with E-state index in [4.69, 9.17) is 12.2 Å². The van der Waals surface area contributed by atoms with E-state index in [1.807, 2.05) is 0 Å². The van der Waals surface area contributed by atoms with Gasteiger partial charge in [-0.3, -0.25) is 0 Å². The quantitative estimate of drug-likeness (QED) is 0.674. The van der Waals surface area contributed by atoms with E-state index >= 15 is 0 Å². The number of thiocarbonyl (C=S) groups is 1. The average molecular weight is 198 g/mol. The Morgan fingerprint density at radius 1 is 1.46 bits per heavy atom. The highest BCUT2D eigenvalue weighted by molar-refractivity contribution is 7.80. The summed E-state index contributed by atoms with van der Waals surface area (Å²) in [5.74, 6) is 0. The highest BCUT2D eigenvalue weighted by Crippen LogP contribution is 2.47. The topological polar surface area (TPSA) is 24.1 Å². The van der Waals surface area contributed by atoms with Gasteiger partial charge in [-0.05, 0) is 49.7 Å². The first-order valence-corrected chi connectivity index (χ1v) is 5.69. The van der Waals surface area contributed by atoms with Gasteiger partial charge in [-0.15, -0.1) is 0 Å². The fraction of sp³-hybridized carbons (Fsp3) is 0.900. The second kappa shape index (κ2) is 3.45. The molecule has 13 heavy (non-hydrogen) atoms. The summed E-state index contributed by atoms with van der Waals surface area (Å²) < 4.78 is 0. The van der Waals surface area contributed by atoms with Gasteiger partial charge in [0.05, 0.1) is 0 Å². The van der Waals surface area contributed by atoms with Gasteiger partial charge in [0.15, 0.2) is 5.11 Å². The molecule has 2 fully saturated rings. The molecule has 2 nitrogen and oxygen atoms in total. The second-order valence-electron chi connectivity index (χ2n) is 4.45. The lowest BCUT2D eigenvalue weighted by Gasteiger charge is -2.15. The van der Waals surface area contributed by atoms with Crippen molar-refractivity contribution in [2.75, 3.05) is 6.54 Å². The summed E-state index contributed by atoms with van der Waals surface area (Å²) in [5.41, 5.74) is 0.593. The molecule has 0 aromatic rings. The Balaban J connectivity index is 1.63. The number of nitrogens with one attached hydrogen (secondary N) is 2. The third kappa shape index (κ3) is 2.56. The van der Waals surface area contributed by atoms with Gasteiger partial charge < -0.3 is 10.6 Å². The molecule has 0 spiro atoms. The predicted molar refractivity (Wildman–Crippen MR) is 58.7 cm³/mol. The van der Waals surface area contributed by atoms with E-state index in [1.54, 1.807) is 0 Å². The molecule has 0 bridgehead atoms. The lowest BCUT2D eigenvalue weighted by molar-refractivity contribution is 0.480. The fourth-order valence-electron chi connectivity index (χ4n) is 1.56. The van der Waals surface area contributed by atoms with Crippen LogP contribution in [0.25, 0.3) is 0 Å². The van der Waals surface area contributed by atoms with Gasteiger partial charge in [0.1, 0.15) is 0 Å². The molecule has 3 heteroatoms. The molecule has 0 radical (unpaired) electrons. The summed E-state index contributed by atoms with van der Waals surface area (Å²) in [5, 5.41) is 7.49. The largest absolute Gasteiger partial charge is 0.362 e. The summed E-state index contributed by atoms with van der Waals surface area (Å²) in [4.78, 5) is 0. The molecule has 2 N–H and O–H groups in total. The molecule has 0 aromatic heterocycles. The van der Waals surface area contributed by atoms with Crippen molar-refractivity contribution in [3.8, 4) is 0 Å². The summed E-state index contributed by atoms with van der Waals surface area (Å²) in [6, 6.07) is 0.678. The maximum absolute atomic E-state index is 5.19. The van der Waals surface area contributed by atoms with Crippen LogP contribution in [-0.2, 0) is 0 Å². The zero-order valence-electron chi connectivity index (χ0n) is 8.23. The first-order valence-electron chi connectivity index (χ1n) is 5.28. The molecule has 0 aromatic carbocycles. The van der Waals surface area contributed by atoms with Gasteiger partial charge >= 0.3 is 0 Å². The molecule has 2 aliphatic carbocycles. The summed E-state index contributed by atoms with van der Waals surface area (Å²) >= 11 is 5.19. The Morgan fingerprint density at radius 2 is 2.15 bits per heavy atom. The minimum absolute atomic E-state index is 0.593. The van der Waals surface area contributed by atoms with Crippen LogP contribution < -0.4 is 10.6 Å². The van der Waals surface area contributed by atoms with Crippen LogP contribution in [0.15, 0.2) is 0 Å². The summed E-state index contributed by atoms with van der Waals surface area (Å²) in [6.45, 7) is 3.34. The Labute approximate surface area is 85.5 Å². The average Bonchev–Trinajstić information content (AvgIpc) is 2.98. The van der Waals surface area contributed by atoms with Crippen LogP contribution in [0.4, 0.5) is 0 Å². The third-order valence-electron chi connectivity index (χ3n) is 3.24. The number of hydrogen-bond donors (Lipinski definition) is 2. The zero-order chi connectivity index (χ0) is 9.31. The fourth-order valence-corrected chi connectivity index (χ4v) is 1.80. The molecule has 0 aliphatic heterocycles. The minimum atomic E-state index is 0.593. The second-order valence-corrected chi connectivity index (χ2v) is 4.86. The van der Waals surface area contributed by atoms with Crippen molar-refractivity contribution in [1.82, 2.24) is 10.6 Å². The Bertz CT molecular complexity index is 207. The first kappa shape index (κ1) is 9.25. The monoisotopic (exact) mass is 198 g/mol. The summed E-state index contributed by atoms with van der Waals surface area (Å²) in [7, 11) is 0. The highest BCUT2D eigenvalue weighted by Gasteiger charge is 2.40. The van der Waals surface area contributed by atoms with Gasteiger partial charge in [-0.2, -0.15) is 0 Å². The van der Waals surface area contributed by atoms with Crippen LogP contribution in [0, 0.1) is 5.41 Å². The van der Waals surface area contributed by atoms with E-state index < -0.39 is 0 Å². The van der Waals surface area contributed by atoms with Crippen LogP contribution in [-0.4, -0.2) is 17.7 Å². The van der Waals surface area contributed by atoms with Gasteiger partial charge in [0.25, 0.3) is 0 Å². The van der Waals surface area contributed by atoms with E-state index in [9.17, 15) is 0 Å². The van der Waals surface area contributed by atoms with E-state index in [0.29, 0.717) is 11.5 Å². The van der Waals surface area contributed by atoms with Crippen molar-refractivity contribution in [2.24, 2.45) is 5.41 Å². The van der Waals surface area contributed by atoms with Gasteiger partial charge in [-0.1, -0.05) is 6.92 Å². The minimum Gasteiger partial charge on any atom is -0.362 e. The van der Waals surface area contributed by atoms with Gasteiger partial charge in [0, 0.05) is 12.6 Å². The van der Waals surface area contributed by atoms with Crippen molar-refractivity contribution in [2.45, 2.75) is 45.1 Å². The van der Waals surface area contributed by atoms with Crippen molar-refractivity contribution < 1.29 is 0 Å². The smallest absolute Gasteiger partial charge is 0.166 e. The number of rotatable bonds is 4. The van der Waals surface area contributed by atoms with Crippen molar-refractivity contribution in [1.29, 1.82) is 0 Å². The third-order valence-corrected chi connectivity index (χ3v) is 3.51. The van der Waals surface area contributed by atoms with Crippen molar-refractivity contribution in [3.05, 3.63) is 0 Å². The lowest BCUT2D eigenvalue weighted by atomic mass is 10.0. The molecule has 2 aliphatic rings.